The summed E-state index contributed by atoms with van der Waals surface area (Å²) in [6.07, 6.45) is 4.89. The van der Waals surface area contributed by atoms with E-state index in [0.29, 0.717) is 5.69 Å². The molecule has 6 heteroatoms. The van der Waals surface area contributed by atoms with Gasteiger partial charge in [-0.3, -0.25) is 4.79 Å². The molecule has 0 amide bonds. The van der Waals surface area contributed by atoms with Crippen LogP contribution in [0.15, 0.2) is 30.3 Å². The molecule has 2 heterocycles. The molecule has 0 N–H and O–H groups in total. The highest BCUT2D eigenvalue weighted by Crippen LogP contribution is 2.28. The van der Waals surface area contributed by atoms with Crippen LogP contribution in [0, 0.1) is 6.92 Å². The van der Waals surface area contributed by atoms with Crippen molar-refractivity contribution in [3.8, 4) is 5.69 Å². The van der Waals surface area contributed by atoms with Gasteiger partial charge in [0, 0.05) is 13.0 Å². The Balaban J connectivity index is 2.00. The van der Waals surface area contributed by atoms with Gasteiger partial charge in [-0.1, -0.05) is 17.7 Å². The summed E-state index contributed by atoms with van der Waals surface area (Å²) >= 11 is 0. The maximum atomic E-state index is 12.0. The van der Waals surface area contributed by atoms with E-state index in [1.807, 2.05) is 4.57 Å². The Labute approximate surface area is 146 Å². The molecule has 0 unspecified atom stereocenters. The second-order valence-corrected chi connectivity index (χ2v) is 5.90. The van der Waals surface area contributed by atoms with Crippen molar-refractivity contribution in [2.24, 2.45) is 0 Å². The van der Waals surface area contributed by atoms with Crippen LogP contribution in [0.3, 0.4) is 0 Å². The minimum Gasteiger partial charge on any atom is -0.460 e. The van der Waals surface area contributed by atoms with E-state index in [2.05, 4.69) is 30.1 Å². The van der Waals surface area contributed by atoms with Gasteiger partial charge in [-0.15, -0.1) is 0 Å². The normalized spacial score (nSPS) is 13.0. The van der Waals surface area contributed by atoms with Crippen molar-refractivity contribution in [1.82, 2.24) is 9.55 Å². The van der Waals surface area contributed by atoms with Crippen molar-refractivity contribution in [3.63, 3.8) is 0 Å². The standard InChI is InChI=1S/C19H20N2O4/c1-4-24-19(23)18(25-13(3)22)10-15-17-8-6-14-9-12(2)5-7-16(14)21(17)11-20-15/h5,7,9-11H,4,6,8H2,1-3H3. The number of fused-ring (bicyclic) bond motifs is 3. The molecule has 1 aromatic heterocycles. The third-order valence-corrected chi connectivity index (χ3v) is 4.02. The van der Waals surface area contributed by atoms with Crippen LogP contribution in [0.25, 0.3) is 11.8 Å². The van der Waals surface area contributed by atoms with Gasteiger partial charge in [0.05, 0.1) is 23.7 Å². The van der Waals surface area contributed by atoms with E-state index < -0.39 is 11.9 Å². The van der Waals surface area contributed by atoms with E-state index >= 15 is 0 Å². The number of carbonyl (C=O) groups is 2. The molecule has 1 aromatic carbocycles. The molecule has 0 spiro atoms. The predicted molar refractivity (Wildman–Crippen MR) is 92.1 cm³/mol. The summed E-state index contributed by atoms with van der Waals surface area (Å²) in [5.41, 5.74) is 5.16. The fourth-order valence-corrected chi connectivity index (χ4v) is 2.98. The number of imidazole rings is 1. The fourth-order valence-electron chi connectivity index (χ4n) is 2.98. The van der Waals surface area contributed by atoms with Gasteiger partial charge in [0.2, 0.25) is 5.76 Å². The van der Waals surface area contributed by atoms with Crippen molar-refractivity contribution in [2.75, 3.05) is 6.61 Å². The van der Waals surface area contributed by atoms with E-state index in [1.54, 1.807) is 13.3 Å². The van der Waals surface area contributed by atoms with Gasteiger partial charge in [0.1, 0.15) is 6.33 Å². The summed E-state index contributed by atoms with van der Waals surface area (Å²) in [6, 6.07) is 6.31. The molecular formula is C19H20N2O4. The predicted octanol–water partition coefficient (Wildman–Crippen LogP) is 2.75. The lowest BCUT2D eigenvalue weighted by molar-refractivity contribution is -0.149. The Hall–Kier alpha value is -2.89. The first-order valence-electron chi connectivity index (χ1n) is 8.23. The van der Waals surface area contributed by atoms with Gasteiger partial charge in [0.25, 0.3) is 0 Å². The van der Waals surface area contributed by atoms with Crippen molar-refractivity contribution < 1.29 is 19.1 Å². The molecule has 0 fully saturated rings. The fraction of sp³-hybridized carbons (Fsp3) is 0.316. The van der Waals surface area contributed by atoms with E-state index in [9.17, 15) is 9.59 Å². The highest BCUT2D eigenvalue weighted by molar-refractivity contribution is 5.93. The number of aromatic nitrogens is 2. The maximum Gasteiger partial charge on any atom is 0.374 e. The van der Waals surface area contributed by atoms with Gasteiger partial charge < -0.3 is 14.0 Å². The number of ether oxygens (including phenoxy) is 2. The zero-order valence-corrected chi connectivity index (χ0v) is 14.5. The number of nitrogens with zero attached hydrogens (tertiary/aromatic N) is 2. The highest BCUT2D eigenvalue weighted by atomic mass is 16.6. The Kier molecular flexibility index (Phi) is 4.70. The monoisotopic (exact) mass is 340 g/mol. The zero-order chi connectivity index (χ0) is 18.0. The average molecular weight is 340 g/mol. The Morgan fingerprint density at radius 3 is 2.84 bits per heavy atom. The molecule has 0 atom stereocenters. The lowest BCUT2D eigenvalue weighted by Gasteiger charge is -2.19. The summed E-state index contributed by atoms with van der Waals surface area (Å²) < 4.78 is 12.0. The van der Waals surface area contributed by atoms with Crippen LogP contribution >= 0.6 is 0 Å². The second-order valence-electron chi connectivity index (χ2n) is 5.90. The van der Waals surface area contributed by atoms with E-state index in [4.69, 9.17) is 9.47 Å². The number of rotatable bonds is 4. The van der Waals surface area contributed by atoms with Crippen molar-refractivity contribution in [1.29, 1.82) is 0 Å². The molecule has 0 saturated carbocycles. The minimum absolute atomic E-state index is 0.148. The molecule has 0 bridgehead atoms. The molecule has 6 nitrogen and oxygen atoms in total. The SMILES string of the molecule is CCOC(=O)C(=Cc1ncn2c1CCc1cc(C)ccc1-2)OC(C)=O. The van der Waals surface area contributed by atoms with Crippen LogP contribution in [0.4, 0.5) is 0 Å². The van der Waals surface area contributed by atoms with Gasteiger partial charge >= 0.3 is 11.9 Å². The molecule has 0 aliphatic carbocycles. The summed E-state index contributed by atoms with van der Waals surface area (Å²) in [4.78, 5) is 27.7. The van der Waals surface area contributed by atoms with Crippen molar-refractivity contribution >= 4 is 18.0 Å². The van der Waals surface area contributed by atoms with Gasteiger partial charge in [-0.05, 0) is 38.3 Å². The number of esters is 2. The highest BCUT2D eigenvalue weighted by Gasteiger charge is 2.22. The second kappa shape index (κ2) is 6.93. The molecular weight excluding hydrogens is 320 g/mol. The van der Waals surface area contributed by atoms with Crippen LogP contribution in [-0.2, 0) is 31.9 Å². The number of hydrogen-bond donors (Lipinski definition) is 0. The summed E-state index contributed by atoms with van der Waals surface area (Å²) in [7, 11) is 0. The van der Waals surface area contributed by atoms with Crippen LogP contribution in [0.5, 0.6) is 0 Å². The first-order valence-corrected chi connectivity index (χ1v) is 8.23. The van der Waals surface area contributed by atoms with Gasteiger partial charge in [-0.2, -0.15) is 0 Å². The third-order valence-electron chi connectivity index (χ3n) is 4.02. The lowest BCUT2D eigenvalue weighted by atomic mass is 9.99. The number of aryl methyl sites for hydroxylation is 2. The van der Waals surface area contributed by atoms with Crippen LogP contribution in [0.2, 0.25) is 0 Å². The smallest absolute Gasteiger partial charge is 0.374 e. The number of hydrogen-bond acceptors (Lipinski definition) is 5. The molecule has 2 aromatic rings. The topological polar surface area (TPSA) is 70.4 Å². The Morgan fingerprint density at radius 2 is 2.12 bits per heavy atom. The third kappa shape index (κ3) is 3.47. The molecule has 25 heavy (non-hydrogen) atoms. The average Bonchev–Trinajstić information content (AvgIpc) is 2.97. The van der Waals surface area contributed by atoms with Crippen LogP contribution < -0.4 is 0 Å². The summed E-state index contributed by atoms with van der Waals surface area (Å²) in [6.45, 7) is 5.21. The van der Waals surface area contributed by atoms with Crippen LogP contribution in [-0.4, -0.2) is 28.1 Å². The molecule has 0 saturated heterocycles. The van der Waals surface area contributed by atoms with Crippen molar-refractivity contribution in [2.45, 2.75) is 33.6 Å². The quantitative estimate of drug-likeness (QED) is 0.486. The van der Waals surface area contributed by atoms with Crippen LogP contribution in [0.1, 0.15) is 36.4 Å². The number of carbonyl (C=O) groups excluding carboxylic acids is 2. The molecule has 1 aliphatic heterocycles. The van der Waals surface area contributed by atoms with Gasteiger partial charge in [-0.25, -0.2) is 9.78 Å². The van der Waals surface area contributed by atoms with E-state index in [0.717, 1.165) is 24.2 Å². The Morgan fingerprint density at radius 1 is 1.32 bits per heavy atom. The van der Waals surface area contributed by atoms with Crippen molar-refractivity contribution in [3.05, 3.63) is 52.8 Å². The number of benzene rings is 1. The summed E-state index contributed by atoms with van der Waals surface area (Å²) in [5.74, 6) is -1.40. The first-order chi connectivity index (χ1) is 12.0. The summed E-state index contributed by atoms with van der Waals surface area (Å²) in [5, 5.41) is 0. The lowest BCUT2D eigenvalue weighted by Crippen LogP contribution is -2.14. The van der Waals surface area contributed by atoms with Gasteiger partial charge in [0.15, 0.2) is 0 Å². The van der Waals surface area contributed by atoms with E-state index in [1.165, 1.54) is 24.1 Å². The Bertz CT molecular complexity index is 864. The maximum absolute atomic E-state index is 12.0. The largest absolute Gasteiger partial charge is 0.460 e. The molecule has 1 aliphatic rings. The molecule has 3 rings (SSSR count). The minimum atomic E-state index is -0.675. The first kappa shape index (κ1) is 17.0. The van der Waals surface area contributed by atoms with E-state index in [-0.39, 0.29) is 12.4 Å². The zero-order valence-electron chi connectivity index (χ0n) is 14.5. The molecule has 0 radical (unpaired) electrons. The molecule has 130 valence electrons.